The van der Waals surface area contributed by atoms with Crippen molar-refractivity contribution in [3.63, 3.8) is 0 Å². The summed E-state index contributed by atoms with van der Waals surface area (Å²) < 4.78 is 0. The van der Waals surface area contributed by atoms with Crippen LogP contribution in [0.25, 0.3) is 0 Å². The number of hydrogen-bond donors (Lipinski definition) is 2. The molecule has 13 heavy (non-hydrogen) atoms. The van der Waals surface area contributed by atoms with E-state index in [9.17, 15) is 0 Å². The molecule has 2 rings (SSSR count). The minimum Gasteiger partial charge on any atom is -0.392 e. The van der Waals surface area contributed by atoms with Gasteiger partial charge in [-0.15, -0.1) is 0 Å². The van der Waals surface area contributed by atoms with Crippen LogP contribution in [0.15, 0.2) is 18.3 Å². The molecule has 1 fully saturated rings. The van der Waals surface area contributed by atoms with Crippen LogP contribution in [-0.2, 0) is 6.61 Å². The number of rotatable bonds is 3. The molecule has 70 valence electrons. The number of hydrogen-bond acceptors (Lipinski definition) is 3. The van der Waals surface area contributed by atoms with Gasteiger partial charge in [-0.3, -0.25) is 4.98 Å². The van der Waals surface area contributed by atoms with Crippen molar-refractivity contribution < 1.29 is 5.11 Å². The predicted octanol–water partition coefficient (Wildman–Crippen LogP) is 0.984. The zero-order valence-corrected chi connectivity index (χ0v) is 7.48. The Kier molecular flexibility index (Phi) is 2.29. The van der Waals surface area contributed by atoms with E-state index in [1.54, 1.807) is 6.20 Å². The molecule has 1 aliphatic rings. The van der Waals surface area contributed by atoms with Gasteiger partial charge in [0.25, 0.3) is 0 Å². The molecule has 0 aromatic carbocycles. The van der Waals surface area contributed by atoms with Crippen molar-refractivity contribution in [3.05, 3.63) is 29.6 Å². The van der Waals surface area contributed by atoms with Gasteiger partial charge in [-0.25, -0.2) is 0 Å². The maximum atomic E-state index is 8.93. The highest BCUT2D eigenvalue weighted by molar-refractivity contribution is 5.19. The summed E-state index contributed by atoms with van der Waals surface area (Å²) in [7, 11) is 0. The fraction of sp³-hybridized carbons (Fsp3) is 0.500. The summed E-state index contributed by atoms with van der Waals surface area (Å²) >= 11 is 0. The van der Waals surface area contributed by atoms with Gasteiger partial charge in [-0.1, -0.05) is 0 Å². The molecule has 0 radical (unpaired) electrons. The van der Waals surface area contributed by atoms with Crippen molar-refractivity contribution in [2.24, 2.45) is 11.7 Å². The third-order valence-corrected chi connectivity index (χ3v) is 2.50. The van der Waals surface area contributed by atoms with Crippen LogP contribution in [0.2, 0.25) is 0 Å². The van der Waals surface area contributed by atoms with Crippen LogP contribution >= 0.6 is 0 Å². The topological polar surface area (TPSA) is 59.1 Å². The fourth-order valence-corrected chi connectivity index (χ4v) is 1.47. The highest BCUT2D eigenvalue weighted by Gasteiger charge is 2.30. The Bertz CT molecular complexity index is 297. The summed E-state index contributed by atoms with van der Waals surface area (Å²) in [5.74, 6) is 0.612. The number of aromatic nitrogens is 1. The van der Waals surface area contributed by atoms with Crippen LogP contribution in [0, 0.1) is 5.92 Å². The Balaban J connectivity index is 2.18. The summed E-state index contributed by atoms with van der Waals surface area (Å²) in [5, 5.41) is 8.93. The van der Waals surface area contributed by atoms with E-state index in [-0.39, 0.29) is 12.6 Å². The largest absolute Gasteiger partial charge is 0.392 e. The molecular formula is C10H14N2O. The van der Waals surface area contributed by atoms with Crippen molar-refractivity contribution in [3.8, 4) is 0 Å². The smallest absolute Gasteiger partial charge is 0.0683 e. The van der Waals surface area contributed by atoms with Crippen molar-refractivity contribution in [2.75, 3.05) is 0 Å². The van der Waals surface area contributed by atoms with Crippen LogP contribution in [-0.4, -0.2) is 10.1 Å². The first-order chi connectivity index (χ1) is 6.31. The number of aliphatic hydroxyl groups is 1. The van der Waals surface area contributed by atoms with Gasteiger partial charge in [0.2, 0.25) is 0 Å². The third-order valence-electron chi connectivity index (χ3n) is 2.50. The Hall–Kier alpha value is -0.930. The van der Waals surface area contributed by atoms with Gasteiger partial charge >= 0.3 is 0 Å². The quantitative estimate of drug-likeness (QED) is 0.725. The van der Waals surface area contributed by atoms with Gasteiger partial charge < -0.3 is 10.8 Å². The number of aliphatic hydroxyl groups excluding tert-OH is 1. The molecule has 3 heteroatoms. The van der Waals surface area contributed by atoms with E-state index in [1.807, 2.05) is 12.1 Å². The molecule has 0 spiro atoms. The summed E-state index contributed by atoms with van der Waals surface area (Å²) in [5.41, 5.74) is 7.78. The maximum absolute atomic E-state index is 8.93. The number of nitrogens with two attached hydrogens (primary N) is 1. The molecule has 0 saturated heterocycles. The lowest BCUT2D eigenvalue weighted by Crippen LogP contribution is -2.14. The Morgan fingerprint density at radius 2 is 2.38 bits per heavy atom. The van der Waals surface area contributed by atoms with E-state index in [2.05, 4.69) is 4.98 Å². The Labute approximate surface area is 77.6 Å². The molecule has 1 aromatic heterocycles. The lowest BCUT2D eigenvalue weighted by atomic mass is 10.1. The minimum absolute atomic E-state index is 0.0616. The Morgan fingerprint density at radius 3 is 3.00 bits per heavy atom. The lowest BCUT2D eigenvalue weighted by Gasteiger charge is -2.09. The minimum atomic E-state index is 0.0616. The van der Waals surface area contributed by atoms with E-state index in [0.717, 1.165) is 11.3 Å². The molecule has 0 aliphatic heterocycles. The molecule has 1 atom stereocenters. The molecule has 0 amide bonds. The molecule has 1 unspecified atom stereocenters. The van der Waals surface area contributed by atoms with Crippen LogP contribution in [0.3, 0.4) is 0 Å². The van der Waals surface area contributed by atoms with E-state index in [1.165, 1.54) is 12.8 Å². The zero-order valence-electron chi connectivity index (χ0n) is 7.48. The molecular weight excluding hydrogens is 164 g/mol. The van der Waals surface area contributed by atoms with Crippen molar-refractivity contribution in [1.29, 1.82) is 0 Å². The first-order valence-corrected chi connectivity index (χ1v) is 4.62. The molecule has 0 bridgehead atoms. The van der Waals surface area contributed by atoms with Gasteiger partial charge in [0, 0.05) is 12.2 Å². The van der Waals surface area contributed by atoms with Gasteiger partial charge in [-0.2, -0.15) is 0 Å². The van der Waals surface area contributed by atoms with Gasteiger partial charge in [0.15, 0.2) is 0 Å². The zero-order chi connectivity index (χ0) is 9.26. The normalized spacial score (nSPS) is 18.6. The van der Waals surface area contributed by atoms with Crippen LogP contribution < -0.4 is 5.73 Å². The van der Waals surface area contributed by atoms with Crippen molar-refractivity contribution in [1.82, 2.24) is 4.98 Å². The fourth-order valence-electron chi connectivity index (χ4n) is 1.47. The molecule has 3 N–H and O–H groups in total. The van der Waals surface area contributed by atoms with Crippen LogP contribution in [0.4, 0.5) is 0 Å². The monoisotopic (exact) mass is 178 g/mol. The predicted molar refractivity (Wildman–Crippen MR) is 49.8 cm³/mol. The maximum Gasteiger partial charge on any atom is 0.0683 e. The Morgan fingerprint density at radius 1 is 1.62 bits per heavy atom. The molecule has 1 aliphatic carbocycles. The average Bonchev–Trinajstić information content (AvgIpc) is 3.00. The summed E-state index contributed by atoms with van der Waals surface area (Å²) in [4.78, 5) is 4.21. The standard InChI is InChI=1S/C10H14N2O/c11-10(8-1-2-8)9-5-7(6-13)3-4-12-9/h3-5,8,10,13H,1-2,6,11H2. The van der Waals surface area contributed by atoms with Gasteiger partial charge in [-0.05, 0) is 36.5 Å². The van der Waals surface area contributed by atoms with E-state index in [4.69, 9.17) is 10.8 Å². The van der Waals surface area contributed by atoms with Gasteiger partial charge in [0.05, 0.1) is 12.3 Å². The van der Waals surface area contributed by atoms with E-state index >= 15 is 0 Å². The first kappa shape index (κ1) is 8.66. The number of nitrogens with zero attached hydrogens (tertiary/aromatic N) is 1. The van der Waals surface area contributed by atoms with Crippen molar-refractivity contribution >= 4 is 0 Å². The molecule has 1 saturated carbocycles. The van der Waals surface area contributed by atoms with Crippen LogP contribution in [0.1, 0.15) is 30.1 Å². The number of pyridine rings is 1. The highest BCUT2D eigenvalue weighted by atomic mass is 16.3. The second-order valence-electron chi connectivity index (χ2n) is 3.61. The van der Waals surface area contributed by atoms with Gasteiger partial charge in [0.1, 0.15) is 0 Å². The van der Waals surface area contributed by atoms with E-state index < -0.39 is 0 Å². The molecule has 1 heterocycles. The second-order valence-corrected chi connectivity index (χ2v) is 3.61. The molecule has 3 nitrogen and oxygen atoms in total. The summed E-state index contributed by atoms with van der Waals surface area (Å²) in [6, 6.07) is 3.76. The van der Waals surface area contributed by atoms with Crippen LogP contribution in [0.5, 0.6) is 0 Å². The summed E-state index contributed by atoms with van der Waals surface area (Å²) in [6.45, 7) is 0.0624. The lowest BCUT2D eigenvalue weighted by molar-refractivity contribution is 0.281. The first-order valence-electron chi connectivity index (χ1n) is 4.62. The van der Waals surface area contributed by atoms with Crippen molar-refractivity contribution in [2.45, 2.75) is 25.5 Å². The second kappa shape index (κ2) is 3.44. The summed E-state index contributed by atoms with van der Waals surface area (Å²) in [6.07, 6.45) is 4.14. The van der Waals surface area contributed by atoms with E-state index in [0.29, 0.717) is 5.92 Å². The highest BCUT2D eigenvalue weighted by Crippen LogP contribution is 2.38. The third kappa shape index (κ3) is 1.87. The molecule has 1 aromatic rings. The average molecular weight is 178 g/mol. The SMILES string of the molecule is NC(c1cc(CO)ccn1)C1CC1.